The van der Waals surface area contributed by atoms with Crippen LogP contribution in [0.4, 0.5) is 0 Å². The largest absolute Gasteiger partial charge is 0.374 e. The molecule has 0 radical (unpaired) electrons. The smallest absolute Gasteiger partial charge is 0.0704 e. The van der Waals surface area contributed by atoms with Gasteiger partial charge in [-0.1, -0.05) is 30.3 Å². The van der Waals surface area contributed by atoms with E-state index in [1.165, 1.54) is 18.4 Å². The highest BCUT2D eigenvalue weighted by atomic mass is 16.5. The maximum Gasteiger partial charge on any atom is 0.0704 e. The summed E-state index contributed by atoms with van der Waals surface area (Å²) in [6, 6.07) is 10.7. The summed E-state index contributed by atoms with van der Waals surface area (Å²) in [6.45, 7) is 7.72. The third-order valence-corrected chi connectivity index (χ3v) is 4.01. The summed E-state index contributed by atoms with van der Waals surface area (Å²) in [5, 5.41) is 3.67. The topological polar surface area (TPSA) is 21.3 Å². The molecule has 2 heteroatoms. The van der Waals surface area contributed by atoms with Crippen molar-refractivity contribution in [1.29, 1.82) is 0 Å². The van der Waals surface area contributed by atoms with Crippen LogP contribution in [0, 0.1) is 0 Å². The van der Waals surface area contributed by atoms with Crippen LogP contribution in [0.15, 0.2) is 30.3 Å². The van der Waals surface area contributed by atoms with Crippen LogP contribution in [0.2, 0.25) is 0 Å². The molecule has 106 valence electrons. The molecule has 2 rings (SSSR count). The first-order chi connectivity index (χ1) is 9.05. The lowest BCUT2D eigenvalue weighted by Crippen LogP contribution is -2.43. The van der Waals surface area contributed by atoms with Crippen LogP contribution in [-0.4, -0.2) is 24.3 Å². The van der Waals surface area contributed by atoms with Crippen molar-refractivity contribution in [1.82, 2.24) is 5.32 Å². The van der Waals surface area contributed by atoms with Crippen molar-refractivity contribution in [3.63, 3.8) is 0 Å². The molecule has 0 amide bonds. The highest BCUT2D eigenvalue weighted by molar-refractivity contribution is 5.15. The first kappa shape index (κ1) is 14.5. The van der Waals surface area contributed by atoms with Gasteiger partial charge in [-0.15, -0.1) is 0 Å². The van der Waals surface area contributed by atoms with E-state index in [9.17, 15) is 0 Å². The van der Waals surface area contributed by atoms with Gasteiger partial charge in [-0.25, -0.2) is 0 Å². The molecule has 1 saturated heterocycles. The Kier molecular flexibility index (Phi) is 5.00. The SMILES string of the molecule is CC1CCC(CNC(C)(C)CCc2ccccc2)O1. The summed E-state index contributed by atoms with van der Waals surface area (Å²) in [5.41, 5.74) is 1.59. The Labute approximate surface area is 117 Å². The van der Waals surface area contributed by atoms with Crippen molar-refractivity contribution in [2.75, 3.05) is 6.54 Å². The molecule has 0 spiro atoms. The van der Waals surface area contributed by atoms with E-state index in [2.05, 4.69) is 56.4 Å². The quantitative estimate of drug-likeness (QED) is 0.845. The molecule has 1 aromatic rings. The summed E-state index contributed by atoms with van der Waals surface area (Å²) >= 11 is 0. The zero-order chi connectivity index (χ0) is 13.7. The van der Waals surface area contributed by atoms with Crippen LogP contribution in [0.3, 0.4) is 0 Å². The summed E-state index contributed by atoms with van der Waals surface area (Å²) in [7, 11) is 0. The minimum atomic E-state index is 0.172. The van der Waals surface area contributed by atoms with Crippen LogP contribution < -0.4 is 5.32 Å². The monoisotopic (exact) mass is 261 g/mol. The van der Waals surface area contributed by atoms with Gasteiger partial charge in [-0.2, -0.15) is 0 Å². The predicted octanol–water partition coefficient (Wildman–Crippen LogP) is 3.55. The average Bonchev–Trinajstić information content (AvgIpc) is 2.82. The fourth-order valence-corrected chi connectivity index (χ4v) is 2.62. The highest BCUT2D eigenvalue weighted by Gasteiger charge is 2.24. The van der Waals surface area contributed by atoms with Gasteiger partial charge in [0, 0.05) is 12.1 Å². The standard InChI is InChI=1S/C17H27NO/c1-14-9-10-16(19-14)13-18-17(2,3)12-11-15-7-5-4-6-8-15/h4-8,14,16,18H,9-13H2,1-3H3. The lowest BCUT2D eigenvalue weighted by molar-refractivity contribution is 0.0513. The van der Waals surface area contributed by atoms with Gasteiger partial charge in [0.05, 0.1) is 12.2 Å². The number of nitrogens with one attached hydrogen (secondary N) is 1. The maximum absolute atomic E-state index is 5.86. The zero-order valence-electron chi connectivity index (χ0n) is 12.5. The first-order valence-electron chi connectivity index (χ1n) is 7.49. The van der Waals surface area contributed by atoms with Crippen molar-refractivity contribution in [3.05, 3.63) is 35.9 Å². The normalized spacial score (nSPS) is 23.7. The van der Waals surface area contributed by atoms with Crippen molar-refractivity contribution in [3.8, 4) is 0 Å². The molecule has 0 bridgehead atoms. The molecule has 0 saturated carbocycles. The van der Waals surface area contributed by atoms with Gasteiger partial charge >= 0.3 is 0 Å². The summed E-state index contributed by atoms with van der Waals surface area (Å²) in [6.07, 6.45) is 5.53. The Morgan fingerprint density at radius 2 is 1.95 bits per heavy atom. The van der Waals surface area contributed by atoms with Gasteiger partial charge in [0.2, 0.25) is 0 Å². The molecule has 1 aliphatic heterocycles. The van der Waals surface area contributed by atoms with Crippen molar-refractivity contribution < 1.29 is 4.74 Å². The minimum absolute atomic E-state index is 0.172. The van der Waals surface area contributed by atoms with Gasteiger partial charge in [0.25, 0.3) is 0 Å². The molecule has 1 N–H and O–H groups in total. The number of hydrogen-bond donors (Lipinski definition) is 1. The van der Waals surface area contributed by atoms with Gasteiger partial charge in [-0.3, -0.25) is 0 Å². The number of benzene rings is 1. The van der Waals surface area contributed by atoms with Crippen LogP contribution >= 0.6 is 0 Å². The third kappa shape index (κ3) is 4.96. The molecule has 19 heavy (non-hydrogen) atoms. The fraction of sp³-hybridized carbons (Fsp3) is 0.647. The molecule has 0 aliphatic carbocycles. The van der Waals surface area contributed by atoms with Crippen molar-refractivity contribution >= 4 is 0 Å². The average molecular weight is 261 g/mol. The second-order valence-corrected chi connectivity index (χ2v) is 6.40. The van der Waals surface area contributed by atoms with Crippen LogP contribution in [0.1, 0.15) is 45.6 Å². The lowest BCUT2D eigenvalue weighted by atomic mass is 9.95. The zero-order valence-corrected chi connectivity index (χ0v) is 12.5. The van der Waals surface area contributed by atoms with E-state index in [1.807, 2.05) is 0 Å². The Morgan fingerprint density at radius 3 is 2.58 bits per heavy atom. The molecule has 2 nitrogen and oxygen atoms in total. The first-order valence-corrected chi connectivity index (χ1v) is 7.49. The van der Waals surface area contributed by atoms with Gasteiger partial charge in [0.15, 0.2) is 0 Å². The molecule has 1 aliphatic rings. The van der Waals surface area contributed by atoms with E-state index in [-0.39, 0.29) is 5.54 Å². The molecule has 0 aromatic heterocycles. The molecule has 2 atom stereocenters. The minimum Gasteiger partial charge on any atom is -0.374 e. The van der Waals surface area contributed by atoms with Crippen molar-refractivity contribution in [2.45, 2.75) is 64.2 Å². The van der Waals surface area contributed by atoms with Gasteiger partial charge in [-0.05, 0) is 52.0 Å². The van der Waals surface area contributed by atoms with Gasteiger partial charge < -0.3 is 10.1 Å². The Bertz CT molecular complexity index is 374. The summed E-state index contributed by atoms with van der Waals surface area (Å²) < 4.78 is 5.86. The van der Waals surface area contributed by atoms with E-state index in [1.54, 1.807) is 0 Å². The molecule has 1 heterocycles. The Hall–Kier alpha value is -0.860. The Balaban J connectivity index is 1.72. The highest BCUT2D eigenvalue weighted by Crippen LogP contribution is 2.20. The van der Waals surface area contributed by atoms with Crippen LogP contribution in [0.25, 0.3) is 0 Å². The van der Waals surface area contributed by atoms with E-state index in [0.717, 1.165) is 19.4 Å². The molecular formula is C17H27NO. The number of ether oxygens (including phenoxy) is 1. The van der Waals surface area contributed by atoms with E-state index < -0.39 is 0 Å². The van der Waals surface area contributed by atoms with Crippen LogP contribution in [0.5, 0.6) is 0 Å². The molecule has 1 aromatic carbocycles. The summed E-state index contributed by atoms with van der Waals surface area (Å²) in [4.78, 5) is 0. The van der Waals surface area contributed by atoms with Gasteiger partial charge in [0.1, 0.15) is 0 Å². The van der Waals surface area contributed by atoms with E-state index in [0.29, 0.717) is 12.2 Å². The fourth-order valence-electron chi connectivity index (χ4n) is 2.62. The number of rotatable bonds is 6. The van der Waals surface area contributed by atoms with Crippen molar-refractivity contribution in [2.24, 2.45) is 0 Å². The molecular weight excluding hydrogens is 234 g/mol. The molecule has 2 unspecified atom stereocenters. The van der Waals surface area contributed by atoms with E-state index in [4.69, 9.17) is 4.74 Å². The summed E-state index contributed by atoms with van der Waals surface area (Å²) in [5.74, 6) is 0. The lowest BCUT2D eigenvalue weighted by Gasteiger charge is -2.28. The number of hydrogen-bond acceptors (Lipinski definition) is 2. The van der Waals surface area contributed by atoms with Crippen LogP contribution in [-0.2, 0) is 11.2 Å². The predicted molar refractivity (Wildman–Crippen MR) is 80.4 cm³/mol. The molecule has 1 fully saturated rings. The second kappa shape index (κ2) is 6.53. The number of aryl methyl sites for hydroxylation is 1. The second-order valence-electron chi connectivity index (χ2n) is 6.40. The third-order valence-electron chi connectivity index (χ3n) is 4.01. The maximum atomic E-state index is 5.86. The Morgan fingerprint density at radius 1 is 1.21 bits per heavy atom. The van der Waals surface area contributed by atoms with E-state index >= 15 is 0 Å².